The molecule has 0 aliphatic carbocycles. The highest BCUT2D eigenvalue weighted by molar-refractivity contribution is 6.48. The second kappa shape index (κ2) is 9.94. The van der Waals surface area contributed by atoms with Gasteiger partial charge in [-0.25, -0.2) is 4.98 Å². The van der Waals surface area contributed by atoms with E-state index in [0.717, 1.165) is 16.6 Å². The smallest absolute Gasteiger partial charge is 0.296 e. The third-order valence-electron chi connectivity index (χ3n) is 5.79. The number of amides is 1. The lowest BCUT2D eigenvalue weighted by atomic mass is 9.96. The van der Waals surface area contributed by atoms with Crippen LogP contribution in [0.25, 0.3) is 10.9 Å². The van der Waals surface area contributed by atoms with Gasteiger partial charge in [0.25, 0.3) is 11.7 Å². The molecule has 0 aliphatic heterocycles. The Hall–Kier alpha value is -4.24. The van der Waals surface area contributed by atoms with Gasteiger partial charge in [-0.1, -0.05) is 0 Å². The van der Waals surface area contributed by atoms with Crippen LogP contribution in [0.4, 0.5) is 5.69 Å². The van der Waals surface area contributed by atoms with Gasteiger partial charge in [0, 0.05) is 41.7 Å². The molecular weight excluding hydrogens is 448 g/mol. The van der Waals surface area contributed by atoms with Gasteiger partial charge < -0.3 is 24.5 Å². The van der Waals surface area contributed by atoms with E-state index in [0.29, 0.717) is 39.7 Å². The molecule has 2 N–H and O–H groups in total. The minimum absolute atomic E-state index is 0.303. The number of nitrogens with one attached hydrogen (secondary N) is 2. The standard InChI is InChI=1S/C26H26N4O5/c1-14-10-21-19(12-18(14)25(35-5)20-7-6-17(33-3)13-28-20)23(15(2)29-21)24(31)26(32)30-16-8-9-27-22(11-16)34-4/h6-13,25,29H,1-5H3,(H,27,30,32). The van der Waals surface area contributed by atoms with Gasteiger partial charge in [0.1, 0.15) is 11.9 Å². The molecule has 0 saturated heterocycles. The second-order valence-electron chi connectivity index (χ2n) is 7.99. The normalized spacial score (nSPS) is 11.8. The Morgan fingerprint density at radius 3 is 2.46 bits per heavy atom. The van der Waals surface area contributed by atoms with E-state index in [4.69, 9.17) is 14.2 Å². The predicted molar refractivity (Wildman–Crippen MR) is 131 cm³/mol. The second-order valence-corrected chi connectivity index (χ2v) is 7.99. The van der Waals surface area contributed by atoms with Crippen LogP contribution >= 0.6 is 0 Å². The zero-order valence-electron chi connectivity index (χ0n) is 20.1. The molecular formula is C26H26N4O5. The molecule has 3 aromatic heterocycles. The van der Waals surface area contributed by atoms with Crippen LogP contribution in [0.5, 0.6) is 11.6 Å². The first-order chi connectivity index (χ1) is 16.9. The monoisotopic (exact) mass is 474 g/mol. The number of hydrogen-bond donors (Lipinski definition) is 2. The SMILES string of the molecule is COc1ccc(C(OC)c2cc3c(C(=O)C(=O)Nc4ccnc(OC)c4)c(C)[nH]c3cc2C)nc1. The van der Waals surface area contributed by atoms with E-state index < -0.39 is 17.8 Å². The molecule has 1 aromatic carbocycles. The Bertz CT molecular complexity index is 1400. The van der Waals surface area contributed by atoms with Gasteiger partial charge in [-0.2, -0.15) is 0 Å². The largest absolute Gasteiger partial charge is 0.495 e. The Morgan fingerprint density at radius 2 is 1.80 bits per heavy atom. The molecule has 0 bridgehead atoms. The average Bonchev–Trinajstić information content (AvgIpc) is 3.18. The van der Waals surface area contributed by atoms with Crippen LogP contribution in [0.3, 0.4) is 0 Å². The molecule has 0 fully saturated rings. The maximum Gasteiger partial charge on any atom is 0.296 e. The molecule has 0 radical (unpaired) electrons. The van der Waals surface area contributed by atoms with E-state index >= 15 is 0 Å². The molecule has 4 aromatic rings. The number of hydrogen-bond acceptors (Lipinski definition) is 7. The number of methoxy groups -OCH3 is 3. The van der Waals surface area contributed by atoms with E-state index in [-0.39, 0.29) is 0 Å². The molecule has 3 heterocycles. The highest BCUT2D eigenvalue weighted by Gasteiger charge is 2.25. The van der Waals surface area contributed by atoms with Gasteiger partial charge in [-0.15, -0.1) is 0 Å². The van der Waals surface area contributed by atoms with Crippen molar-refractivity contribution in [3.05, 3.63) is 76.9 Å². The fraction of sp³-hybridized carbons (Fsp3) is 0.231. The van der Waals surface area contributed by atoms with Gasteiger partial charge in [-0.3, -0.25) is 14.6 Å². The van der Waals surface area contributed by atoms with Crippen LogP contribution in [0.2, 0.25) is 0 Å². The van der Waals surface area contributed by atoms with Crippen LogP contribution in [0.1, 0.15) is 39.0 Å². The van der Waals surface area contributed by atoms with Crippen molar-refractivity contribution in [3.8, 4) is 11.6 Å². The van der Waals surface area contributed by atoms with Gasteiger partial charge in [-0.05, 0) is 55.3 Å². The topological polar surface area (TPSA) is 115 Å². The van der Waals surface area contributed by atoms with Crippen LogP contribution in [-0.4, -0.2) is 48.0 Å². The van der Waals surface area contributed by atoms with E-state index in [1.807, 2.05) is 31.2 Å². The minimum atomic E-state index is -0.760. The molecule has 35 heavy (non-hydrogen) atoms. The van der Waals surface area contributed by atoms with Crippen LogP contribution in [-0.2, 0) is 9.53 Å². The van der Waals surface area contributed by atoms with E-state index in [2.05, 4.69) is 20.3 Å². The fourth-order valence-electron chi connectivity index (χ4n) is 4.05. The zero-order chi connectivity index (χ0) is 25.1. The number of H-pyrrole nitrogens is 1. The quantitative estimate of drug-likeness (QED) is 0.291. The Morgan fingerprint density at radius 1 is 1.00 bits per heavy atom. The van der Waals surface area contributed by atoms with E-state index in [1.165, 1.54) is 13.3 Å². The van der Waals surface area contributed by atoms with Crippen LogP contribution in [0, 0.1) is 13.8 Å². The highest BCUT2D eigenvalue weighted by atomic mass is 16.5. The summed E-state index contributed by atoms with van der Waals surface area (Å²) in [5, 5.41) is 3.25. The highest BCUT2D eigenvalue weighted by Crippen LogP contribution is 2.33. The summed E-state index contributed by atoms with van der Waals surface area (Å²) in [5.74, 6) is -0.445. The molecule has 1 amide bonds. The van der Waals surface area contributed by atoms with Gasteiger partial charge in [0.05, 0.1) is 31.7 Å². The maximum absolute atomic E-state index is 13.2. The Labute approximate surface area is 202 Å². The number of Topliss-reactive ketones (excluding diaryl/α,β-unsaturated/α-hetero) is 1. The van der Waals surface area contributed by atoms with E-state index in [1.54, 1.807) is 39.5 Å². The number of benzene rings is 1. The number of rotatable bonds is 8. The third kappa shape index (κ3) is 4.71. The Balaban J connectivity index is 1.72. The van der Waals surface area contributed by atoms with Crippen molar-refractivity contribution < 1.29 is 23.8 Å². The van der Waals surface area contributed by atoms with Crippen molar-refractivity contribution in [1.82, 2.24) is 15.0 Å². The lowest BCUT2D eigenvalue weighted by Crippen LogP contribution is -2.23. The third-order valence-corrected chi connectivity index (χ3v) is 5.79. The van der Waals surface area contributed by atoms with Crippen molar-refractivity contribution in [1.29, 1.82) is 0 Å². The number of carbonyl (C=O) groups is 2. The van der Waals surface area contributed by atoms with Crippen molar-refractivity contribution in [2.75, 3.05) is 26.6 Å². The molecule has 0 saturated carbocycles. The molecule has 9 heteroatoms. The number of fused-ring (bicyclic) bond motifs is 1. The first kappa shape index (κ1) is 23.9. The van der Waals surface area contributed by atoms with Crippen LogP contribution in [0.15, 0.2) is 48.8 Å². The summed E-state index contributed by atoms with van der Waals surface area (Å²) in [7, 11) is 4.66. The van der Waals surface area contributed by atoms with E-state index in [9.17, 15) is 9.59 Å². The molecule has 1 unspecified atom stereocenters. The fourth-order valence-corrected chi connectivity index (χ4v) is 4.05. The van der Waals surface area contributed by atoms with Gasteiger partial charge in [0.2, 0.25) is 5.88 Å². The van der Waals surface area contributed by atoms with Crippen molar-refractivity contribution in [3.63, 3.8) is 0 Å². The summed E-state index contributed by atoms with van der Waals surface area (Å²) < 4.78 is 16.1. The predicted octanol–water partition coefficient (Wildman–Crippen LogP) is 4.15. The lowest BCUT2D eigenvalue weighted by Gasteiger charge is -2.18. The Kier molecular flexibility index (Phi) is 6.79. The first-order valence-corrected chi connectivity index (χ1v) is 10.9. The number of nitrogens with zero attached hydrogens (tertiary/aromatic N) is 2. The number of ketones is 1. The molecule has 180 valence electrons. The number of aryl methyl sites for hydroxylation is 2. The van der Waals surface area contributed by atoms with Gasteiger partial charge in [0.15, 0.2) is 0 Å². The summed E-state index contributed by atoms with van der Waals surface area (Å²) >= 11 is 0. The molecule has 9 nitrogen and oxygen atoms in total. The van der Waals surface area contributed by atoms with Crippen LogP contribution < -0.4 is 14.8 Å². The molecule has 0 spiro atoms. The first-order valence-electron chi connectivity index (χ1n) is 10.9. The maximum atomic E-state index is 13.2. The zero-order valence-corrected chi connectivity index (χ0v) is 20.1. The summed E-state index contributed by atoms with van der Waals surface area (Å²) in [4.78, 5) is 37.8. The van der Waals surface area contributed by atoms with Crippen molar-refractivity contribution >= 4 is 28.3 Å². The summed E-state index contributed by atoms with van der Waals surface area (Å²) in [5.41, 5.74) is 4.55. The van der Waals surface area contributed by atoms with Gasteiger partial charge >= 0.3 is 0 Å². The molecule has 0 aliphatic rings. The minimum Gasteiger partial charge on any atom is -0.495 e. The number of pyridine rings is 2. The summed E-state index contributed by atoms with van der Waals surface area (Å²) in [6.45, 7) is 3.73. The van der Waals surface area contributed by atoms with Crippen molar-refractivity contribution in [2.45, 2.75) is 20.0 Å². The summed E-state index contributed by atoms with van der Waals surface area (Å²) in [6.07, 6.45) is 2.65. The number of anilines is 1. The molecule has 1 atom stereocenters. The summed E-state index contributed by atoms with van der Waals surface area (Å²) in [6, 6.07) is 10.6. The van der Waals surface area contributed by atoms with Crippen molar-refractivity contribution in [2.24, 2.45) is 0 Å². The number of carbonyl (C=O) groups excluding carboxylic acids is 2. The number of aromatic nitrogens is 3. The average molecular weight is 475 g/mol. The molecule has 4 rings (SSSR count). The number of ether oxygens (including phenoxy) is 3. The number of aromatic amines is 1. The lowest BCUT2D eigenvalue weighted by molar-refractivity contribution is -0.112.